The highest BCUT2D eigenvalue weighted by atomic mass is 35.5. The Kier molecular flexibility index (Phi) is 5.52. The Morgan fingerprint density at radius 1 is 1.25 bits per heavy atom. The number of piperazine rings is 1. The molecular formula is C14H19Cl2N3O. The molecule has 110 valence electrons. The van der Waals surface area contributed by atoms with Crippen LogP contribution >= 0.6 is 23.2 Å². The van der Waals surface area contributed by atoms with Crippen LogP contribution in [0, 0.1) is 0 Å². The van der Waals surface area contributed by atoms with Crippen LogP contribution in [0.15, 0.2) is 18.2 Å². The molecule has 2 amide bonds. The van der Waals surface area contributed by atoms with Crippen molar-refractivity contribution in [3.05, 3.63) is 28.2 Å². The van der Waals surface area contributed by atoms with Crippen molar-refractivity contribution in [2.24, 2.45) is 0 Å². The highest BCUT2D eigenvalue weighted by Crippen LogP contribution is 2.25. The fourth-order valence-electron chi connectivity index (χ4n) is 2.28. The monoisotopic (exact) mass is 315 g/mol. The molecule has 1 saturated heterocycles. The number of nitrogens with one attached hydrogen (secondary N) is 1. The molecule has 0 radical (unpaired) electrons. The number of carbonyl (C=O) groups is 1. The summed E-state index contributed by atoms with van der Waals surface area (Å²) >= 11 is 12.0. The highest BCUT2D eigenvalue weighted by Gasteiger charge is 2.21. The Morgan fingerprint density at radius 3 is 2.60 bits per heavy atom. The van der Waals surface area contributed by atoms with E-state index in [0.717, 1.165) is 39.1 Å². The zero-order valence-corrected chi connectivity index (χ0v) is 13.0. The van der Waals surface area contributed by atoms with Gasteiger partial charge < -0.3 is 10.2 Å². The summed E-state index contributed by atoms with van der Waals surface area (Å²) in [5.41, 5.74) is 0.556. The molecule has 1 aromatic rings. The number of hydrogen-bond donors (Lipinski definition) is 1. The molecule has 1 heterocycles. The van der Waals surface area contributed by atoms with E-state index in [1.807, 2.05) is 4.90 Å². The summed E-state index contributed by atoms with van der Waals surface area (Å²) in [5.74, 6) is 0. The van der Waals surface area contributed by atoms with E-state index in [0.29, 0.717) is 15.7 Å². The van der Waals surface area contributed by atoms with Crippen LogP contribution in [0.25, 0.3) is 0 Å². The van der Waals surface area contributed by atoms with Crippen molar-refractivity contribution in [2.45, 2.75) is 13.3 Å². The van der Waals surface area contributed by atoms with E-state index in [9.17, 15) is 4.79 Å². The van der Waals surface area contributed by atoms with Crippen LogP contribution in [-0.2, 0) is 0 Å². The quantitative estimate of drug-likeness (QED) is 0.925. The smallest absolute Gasteiger partial charge is 0.321 e. The number of hydrogen-bond acceptors (Lipinski definition) is 2. The molecule has 1 aliphatic rings. The summed E-state index contributed by atoms with van der Waals surface area (Å²) in [7, 11) is 0. The molecule has 0 saturated carbocycles. The molecule has 1 fully saturated rings. The molecule has 6 heteroatoms. The van der Waals surface area contributed by atoms with Crippen molar-refractivity contribution in [1.29, 1.82) is 0 Å². The highest BCUT2D eigenvalue weighted by molar-refractivity contribution is 6.35. The number of urea groups is 1. The van der Waals surface area contributed by atoms with Crippen LogP contribution in [0.5, 0.6) is 0 Å². The lowest BCUT2D eigenvalue weighted by molar-refractivity contribution is 0.147. The van der Waals surface area contributed by atoms with E-state index < -0.39 is 0 Å². The minimum absolute atomic E-state index is 0.120. The third-order valence-electron chi connectivity index (χ3n) is 3.37. The first-order valence-electron chi connectivity index (χ1n) is 6.83. The Hall–Kier alpha value is -0.970. The molecule has 4 nitrogen and oxygen atoms in total. The predicted molar refractivity (Wildman–Crippen MR) is 83.8 cm³/mol. The van der Waals surface area contributed by atoms with Crippen LogP contribution in [0.2, 0.25) is 10.0 Å². The van der Waals surface area contributed by atoms with Gasteiger partial charge in [0.15, 0.2) is 0 Å². The van der Waals surface area contributed by atoms with Gasteiger partial charge in [-0.25, -0.2) is 4.79 Å². The summed E-state index contributed by atoms with van der Waals surface area (Å²) in [4.78, 5) is 16.4. The minimum Gasteiger partial charge on any atom is -0.322 e. The van der Waals surface area contributed by atoms with Gasteiger partial charge in [0, 0.05) is 31.2 Å². The number of halogens is 2. The van der Waals surface area contributed by atoms with Crippen molar-refractivity contribution < 1.29 is 4.79 Å². The lowest BCUT2D eigenvalue weighted by atomic mass is 10.3. The maximum atomic E-state index is 12.2. The SMILES string of the molecule is CCCN1CCN(C(=O)Nc2cc(Cl)ccc2Cl)CC1. The van der Waals surface area contributed by atoms with Gasteiger partial charge in [0.2, 0.25) is 0 Å². The lowest BCUT2D eigenvalue weighted by Gasteiger charge is -2.34. The van der Waals surface area contributed by atoms with E-state index in [1.54, 1.807) is 18.2 Å². The molecule has 0 aliphatic carbocycles. The zero-order chi connectivity index (χ0) is 14.5. The number of benzene rings is 1. The normalized spacial score (nSPS) is 16.2. The van der Waals surface area contributed by atoms with Crippen molar-refractivity contribution >= 4 is 34.9 Å². The van der Waals surface area contributed by atoms with Gasteiger partial charge in [-0.3, -0.25) is 4.90 Å². The third-order valence-corrected chi connectivity index (χ3v) is 3.93. The topological polar surface area (TPSA) is 35.6 Å². The number of carbonyl (C=O) groups excluding carboxylic acids is 1. The van der Waals surface area contributed by atoms with Gasteiger partial charge in [0.05, 0.1) is 10.7 Å². The molecule has 1 aromatic carbocycles. The van der Waals surface area contributed by atoms with Gasteiger partial charge in [-0.2, -0.15) is 0 Å². The Balaban J connectivity index is 1.91. The minimum atomic E-state index is -0.120. The Bertz CT molecular complexity index is 473. The third kappa shape index (κ3) is 4.01. The van der Waals surface area contributed by atoms with Gasteiger partial charge in [-0.05, 0) is 31.2 Å². The maximum absolute atomic E-state index is 12.2. The number of anilines is 1. The second-order valence-electron chi connectivity index (χ2n) is 4.88. The Labute approximate surface area is 129 Å². The van der Waals surface area contributed by atoms with Crippen molar-refractivity contribution in [3.8, 4) is 0 Å². The largest absolute Gasteiger partial charge is 0.322 e. The molecule has 0 aromatic heterocycles. The van der Waals surface area contributed by atoms with Crippen LogP contribution in [0.3, 0.4) is 0 Å². The first kappa shape index (κ1) is 15.4. The van der Waals surface area contributed by atoms with E-state index in [-0.39, 0.29) is 6.03 Å². The van der Waals surface area contributed by atoms with Crippen LogP contribution in [0.1, 0.15) is 13.3 Å². The van der Waals surface area contributed by atoms with Crippen molar-refractivity contribution in [2.75, 3.05) is 38.0 Å². The summed E-state index contributed by atoms with van der Waals surface area (Å²) in [6.45, 7) is 6.58. The number of amides is 2. The Morgan fingerprint density at radius 2 is 1.95 bits per heavy atom. The van der Waals surface area contributed by atoms with Crippen molar-refractivity contribution in [1.82, 2.24) is 9.80 Å². The number of rotatable bonds is 3. The molecule has 1 aliphatic heterocycles. The average molecular weight is 316 g/mol. The van der Waals surface area contributed by atoms with Crippen LogP contribution < -0.4 is 5.32 Å². The average Bonchev–Trinajstić information content (AvgIpc) is 2.44. The lowest BCUT2D eigenvalue weighted by Crippen LogP contribution is -2.50. The standard InChI is InChI=1S/C14H19Cl2N3O/c1-2-5-18-6-8-19(9-7-18)14(20)17-13-10-11(15)3-4-12(13)16/h3-4,10H,2,5-9H2,1H3,(H,17,20). The van der Waals surface area contributed by atoms with E-state index in [1.165, 1.54) is 0 Å². The van der Waals surface area contributed by atoms with E-state index in [4.69, 9.17) is 23.2 Å². The van der Waals surface area contributed by atoms with Gasteiger partial charge in [0.1, 0.15) is 0 Å². The maximum Gasteiger partial charge on any atom is 0.321 e. The molecule has 20 heavy (non-hydrogen) atoms. The van der Waals surface area contributed by atoms with Crippen LogP contribution in [0.4, 0.5) is 10.5 Å². The fourth-order valence-corrected chi connectivity index (χ4v) is 2.62. The first-order chi connectivity index (χ1) is 9.60. The summed E-state index contributed by atoms with van der Waals surface area (Å²) in [6, 6.07) is 4.92. The van der Waals surface area contributed by atoms with Gasteiger partial charge in [-0.1, -0.05) is 30.1 Å². The van der Waals surface area contributed by atoms with E-state index >= 15 is 0 Å². The molecule has 1 N–H and O–H groups in total. The second kappa shape index (κ2) is 7.16. The molecule has 0 bridgehead atoms. The second-order valence-corrected chi connectivity index (χ2v) is 5.73. The van der Waals surface area contributed by atoms with Gasteiger partial charge >= 0.3 is 6.03 Å². The summed E-state index contributed by atoms with van der Waals surface area (Å²) < 4.78 is 0. The molecule has 0 unspecified atom stereocenters. The molecule has 2 rings (SSSR count). The van der Waals surface area contributed by atoms with Gasteiger partial charge in [0.25, 0.3) is 0 Å². The predicted octanol–water partition coefficient (Wildman–Crippen LogP) is 3.55. The summed E-state index contributed by atoms with van der Waals surface area (Å²) in [5, 5.41) is 3.87. The van der Waals surface area contributed by atoms with Gasteiger partial charge in [-0.15, -0.1) is 0 Å². The molecule has 0 atom stereocenters. The fraction of sp³-hybridized carbons (Fsp3) is 0.500. The zero-order valence-electron chi connectivity index (χ0n) is 11.5. The number of nitrogens with zero attached hydrogens (tertiary/aromatic N) is 2. The molecular weight excluding hydrogens is 297 g/mol. The first-order valence-corrected chi connectivity index (χ1v) is 7.59. The van der Waals surface area contributed by atoms with E-state index in [2.05, 4.69) is 17.1 Å². The van der Waals surface area contributed by atoms with Crippen molar-refractivity contribution in [3.63, 3.8) is 0 Å². The van der Waals surface area contributed by atoms with Crippen LogP contribution in [-0.4, -0.2) is 48.6 Å². The summed E-state index contributed by atoms with van der Waals surface area (Å²) in [6.07, 6.45) is 1.14. The molecule has 0 spiro atoms.